The Bertz CT molecular complexity index is 651. The number of nitrogens with zero attached hydrogens (tertiary/aromatic N) is 1. The number of fused-ring (bicyclic) bond motifs is 2. The first-order valence-corrected chi connectivity index (χ1v) is 4.52. The highest BCUT2D eigenvalue weighted by atomic mass is 19.1. The minimum absolute atomic E-state index is 0.0527. The van der Waals surface area contributed by atoms with Crippen molar-refractivity contribution in [2.24, 2.45) is 0 Å². The van der Waals surface area contributed by atoms with Crippen LogP contribution in [0.15, 0.2) is 24.3 Å². The van der Waals surface area contributed by atoms with Crippen molar-refractivity contribution in [3.63, 3.8) is 0 Å². The van der Waals surface area contributed by atoms with Crippen LogP contribution < -0.4 is 0 Å². The van der Waals surface area contributed by atoms with E-state index in [1.165, 1.54) is 24.3 Å². The number of ether oxygens (including phenoxy) is 1. The summed E-state index contributed by atoms with van der Waals surface area (Å²) in [6.07, 6.45) is 0. The molecule has 0 bridgehead atoms. The summed E-state index contributed by atoms with van der Waals surface area (Å²) in [7, 11) is 0. The number of halogens is 1. The van der Waals surface area contributed by atoms with E-state index in [1.54, 1.807) is 0 Å². The zero-order chi connectivity index (χ0) is 11.3. The first-order chi connectivity index (χ1) is 7.65. The van der Waals surface area contributed by atoms with Gasteiger partial charge in [-0.05, 0) is 18.2 Å². The molecule has 0 radical (unpaired) electrons. The standard InChI is InChI=1S/C11H4FNO3/c12-6-2-1-5-3-7-9(13-8(5)4-6)11(15)16-10(7)14/h1-4H. The fraction of sp³-hybridized carbons (Fsp3) is 0. The van der Waals surface area contributed by atoms with Crippen LogP contribution >= 0.6 is 0 Å². The molecule has 0 saturated heterocycles. The van der Waals surface area contributed by atoms with Crippen molar-refractivity contribution < 1.29 is 18.7 Å². The molecule has 0 N–H and O–H groups in total. The second-order valence-electron chi connectivity index (χ2n) is 3.40. The summed E-state index contributed by atoms with van der Waals surface area (Å²) in [4.78, 5) is 26.3. The average Bonchev–Trinajstić information content (AvgIpc) is 2.52. The molecule has 78 valence electrons. The van der Waals surface area contributed by atoms with Gasteiger partial charge >= 0.3 is 11.9 Å². The topological polar surface area (TPSA) is 56.3 Å². The molecule has 1 aromatic carbocycles. The van der Waals surface area contributed by atoms with Gasteiger partial charge in [-0.1, -0.05) is 0 Å². The third kappa shape index (κ3) is 1.11. The quantitative estimate of drug-likeness (QED) is 0.497. The monoisotopic (exact) mass is 217 g/mol. The highest BCUT2D eigenvalue weighted by molar-refractivity contribution is 6.15. The van der Waals surface area contributed by atoms with Gasteiger partial charge in [0.2, 0.25) is 0 Å². The van der Waals surface area contributed by atoms with Crippen molar-refractivity contribution in [3.05, 3.63) is 41.3 Å². The molecule has 1 aliphatic rings. The maximum absolute atomic E-state index is 12.9. The Morgan fingerprint density at radius 2 is 1.94 bits per heavy atom. The van der Waals surface area contributed by atoms with E-state index in [4.69, 9.17) is 0 Å². The number of cyclic esters (lactones) is 2. The summed E-state index contributed by atoms with van der Waals surface area (Å²) in [5, 5.41) is 0.590. The van der Waals surface area contributed by atoms with Crippen LogP contribution in [-0.2, 0) is 4.74 Å². The molecule has 0 unspecified atom stereocenters. The number of esters is 2. The molecule has 0 atom stereocenters. The second-order valence-corrected chi connectivity index (χ2v) is 3.40. The Hall–Kier alpha value is -2.30. The third-order valence-electron chi connectivity index (χ3n) is 2.38. The smallest absolute Gasteiger partial charge is 0.365 e. The molecule has 16 heavy (non-hydrogen) atoms. The van der Waals surface area contributed by atoms with E-state index >= 15 is 0 Å². The summed E-state index contributed by atoms with van der Waals surface area (Å²) in [5.74, 6) is -1.94. The first-order valence-electron chi connectivity index (χ1n) is 4.52. The molecular weight excluding hydrogens is 213 g/mol. The number of carbonyl (C=O) groups is 2. The number of rotatable bonds is 0. The number of benzene rings is 1. The van der Waals surface area contributed by atoms with Crippen LogP contribution in [-0.4, -0.2) is 16.9 Å². The Morgan fingerprint density at radius 1 is 1.12 bits per heavy atom. The Morgan fingerprint density at radius 3 is 2.75 bits per heavy atom. The zero-order valence-electron chi connectivity index (χ0n) is 7.86. The number of pyridine rings is 1. The molecule has 0 saturated carbocycles. The van der Waals surface area contributed by atoms with Gasteiger partial charge in [0.15, 0.2) is 5.69 Å². The first kappa shape index (κ1) is 8.96. The van der Waals surface area contributed by atoms with E-state index in [-0.39, 0.29) is 11.3 Å². The summed E-state index contributed by atoms with van der Waals surface area (Å²) in [5.41, 5.74) is 0.401. The van der Waals surface area contributed by atoms with Crippen molar-refractivity contribution in [3.8, 4) is 0 Å². The van der Waals surface area contributed by atoms with Crippen LogP contribution in [0.2, 0.25) is 0 Å². The van der Waals surface area contributed by atoms with Gasteiger partial charge in [-0.25, -0.2) is 19.0 Å². The maximum Gasteiger partial charge on any atom is 0.365 e. The van der Waals surface area contributed by atoms with E-state index in [9.17, 15) is 14.0 Å². The van der Waals surface area contributed by atoms with Crippen molar-refractivity contribution in [1.29, 1.82) is 0 Å². The molecule has 0 spiro atoms. The van der Waals surface area contributed by atoms with Gasteiger partial charge in [-0.15, -0.1) is 0 Å². The van der Waals surface area contributed by atoms with Gasteiger partial charge in [0.1, 0.15) is 5.82 Å². The van der Waals surface area contributed by atoms with Gasteiger partial charge in [0.25, 0.3) is 0 Å². The van der Waals surface area contributed by atoms with E-state index in [2.05, 4.69) is 9.72 Å². The third-order valence-corrected chi connectivity index (χ3v) is 2.38. The largest absolute Gasteiger partial charge is 0.384 e. The average molecular weight is 217 g/mol. The number of aromatic nitrogens is 1. The SMILES string of the molecule is O=C1OC(=O)c2nc3cc(F)ccc3cc21. The lowest BCUT2D eigenvalue weighted by molar-refractivity contribution is 0.0441. The highest BCUT2D eigenvalue weighted by Gasteiger charge is 2.31. The van der Waals surface area contributed by atoms with E-state index in [1.807, 2.05) is 0 Å². The molecule has 0 amide bonds. The van der Waals surface area contributed by atoms with Crippen molar-refractivity contribution in [2.75, 3.05) is 0 Å². The minimum Gasteiger partial charge on any atom is -0.384 e. The number of hydrogen-bond donors (Lipinski definition) is 0. The van der Waals surface area contributed by atoms with Crippen LogP contribution in [0.5, 0.6) is 0 Å². The van der Waals surface area contributed by atoms with Crippen LogP contribution in [0, 0.1) is 5.82 Å². The van der Waals surface area contributed by atoms with Gasteiger partial charge in [-0.2, -0.15) is 0 Å². The van der Waals surface area contributed by atoms with E-state index in [0.29, 0.717) is 10.9 Å². The molecule has 1 aliphatic heterocycles. The highest BCUT2D eigenvalue weighted by Crippen LogP contribution is 2.23. The molecule has 2 heterocycles. The summed E-state index contributed by atoms with van der Waals surface area (Å²) >= 11 is 0. The lowest BCUT2D eigenvalue weighted by Gasteiger charge is -1.98. The molecule has 5 heteroatoms. The summed E-state index contributed by atoms with van der Waals surface area (Å²) in [6, 6.07) is 5.43. The predicted molar refractivity (Wildman–Crippen MR) is 51.4 cm³/mol. The minimum atomic E-state index is -0.786. The van der Waals surface area contributed by atoms with Crippen LogP contribution in [0.1, 0.15) is 20.8 Å². The number of carbonyl (C=O) groups excluding carboxylic acids is 2. The van der Waals surface area contributed by atoms with Crippen molar-refractivity contribution in [1.82, 2.24) is 4.98 Å². The zero-order valence-corrected chi connectivity index (χ0v) is 7.86. The fourth-order valence-corrected chi connectivity index (χ4v) is 1.64. The molecule has 0 fully saturated rings. The van der Waals surface area contributed by atoms with Gasteiger partial charge in [0.05, 0.1) is 11.1 Å². The normalized spacial score (nSPS) is 14.1. The van der Waals surface area contributed by atoms with Crippen LogP contribution in [0.4, 0.5) is 4.39 Å². The second kappa shape index (κ2) is 2.85. The lowest BCUT2D eigenvalue weighted by atomic mass is 10.1. The predicted octanol–water partition coefficient (Wildman–Crippen LogP) is 1.68. The summed E-state index contributed by atoms with van der Waals surface area (Å²) < 4.78 is 17.3. The van der Waals surface area contributed by atoms with Gasteiger partial charge in [0, 0.05) is 11.5 Å². The Kier molecular flexibility index (Phi) is 1.60. The van der Waals surface area contributed by atoms with Crippen molar-refractivity contribution >= 4 is 22.8 Å². The molecule has 1 aromatic heterocycles. The summed E-state index contributed by atoms with van der Waals surface area (Å²) in [6.45, 7) is 0. The molecule has 2 aromatic rings. The Labute approximate surface area is 88.7 Å². The number of hydrogen-bond acceptors (Lipinski definition) is 4. The molecule has 4 nitrogen and oxygen atoms in total. The van der Waals surface area contributed by atoms with Crippen LogP contribution in [0.25, 0.3) is 10.9 Å². The van der Waals surface area contributed by atoms with Crippen molar-refractivity contribution in [2.45, 2.75) is 0 Å². The lowest BCUT2D eigenvalue weighted by Crippen LogP contribution is -1.98. The fourth-order valence-electron chi connectivity index (χ4n) is 1.64. The molecule has 3 rings (SSSR count). The molecule has 0 aliphatic carbocycles. The van der Waals surface area contributed by atoms with Gasteiger partial charge < -0.3 is 4.74 Å². The van der Waals surface area contributed by atoms with Gasteiger partial charge in [-0.3, -0.25) is 0 Å². The Balaban J connectivity index is 2.38. The van der Waals surface area contributed by atoms with Crippen LogP contribution in [0.3, 0.4) is 0 Å². The van der Waals surface area contributed by atoms with E-state index in [0.717, 1.165) is 0 Å². The maximum atomic E-state index is 12.9. The van der Waals surface area contributed by atoms with E-state index < -0.39 is 17.8 Å². The molecular formula is C11H4FNO3.